The third kappa shape index (κ3) is 5.17. The van der Waals surface area contributed by atoms with Crippen LogP contribution in [0.15, 0.2) is 24.3 Å². The average Bonchev–Trinajstić information content (AvgIpc) is 3.15. The van der Waals surface area contributed by atoms with Crippen molar-refractivity contribution in [2.75, 3.05) is 39.3 Å². The standard InChI is InChI=1S/C22H28N4O5/c23-12-17-13-25(9-10-30-17)8-2-4-15-3-1-5-16(11-15)19-14-26(22(29)31-19)18-6-7-20(27)24-21(18)28/h1,3,5,11,17-20,27H,6-10,12-14,23H2,(H,24,28)/t17-,18?,19+,20?/m0/s1. The van der Waals surface area contributed by atoms with Gasteiger partial charge in [-0.1, -0.05) is 24.0 Å². The fraction of sp³-hybridized carbons (Fsp3) is 0.545. The van der Waals surface area contributed by atoms with Gasteiger partial charge in [0.15, 0.2) is 0 Å². The van der Waals surface area contributed by atoms with Crippen molar-refractivity contribution in [2.24, 2.45) is 5.73 Å². The van der Waals surface area contributed by atoms with Crippen LogP contribution in [0.1, 0.15) is 30.1 Å². The topological polar surface area (TPSA) is 117 Å². The molecule has 0 saturated carbocycles. The van der Waals surface area contributed by atoms with Gasteiger partial charge >= 0.3 is 6.09 Å². The summed E-state index contributed by atoms with van der Waals surface area (Å²) in [6.07, 6.45) is -0.948. The molecule has 166 valence electrons. The number of piperidine rings is 1. The summed E-state index contributed by atoms with van der Waals surface area (Å²) in [4.78, 5) is 28.2. The van der Waals surface area contributed by atoms with Crippen LogP contribution < -0.4 is 11.1 Å². The number of carbonyl (C=O) groups excluding carboxylic acids is 2. The Morgan fingerprint density at radius 3 is 2.94 bits per heavy atom. The van der Waals surface area contributed by atoms with E-state index >= 15 is 0 Å². The number of aliphatic hydroxyl groups excluding tert-OH is 1. The molecule has 9 heteroatoms. The molecule has 2 amide bonds. The molecule has 0 bridgehead atoms. The predicted molar refractivity (Wildman–Crippen MR) is 112 cm³/mol. The number of amides is 2. The average molecular weight is 428 g/mol. The molecule has 0 aromatic heterocycles. The molecule has 0 spiro atoms. The molecule has 4 N–H and O–H groups in total. The number of aliphatic hydroxyl groups is 1. The first-order valence-corrected chi connectivity index (χ1v) is 10.6. The Labute approximate surface area is 181 Å². The minimum Gasteiger partial charge on any atom is -0.439 e. The lowest BCUT2D eigenvalue weighted by atomic mass is 10.0. The van der Waals surface area contributed by atoms with Gasteiger partial charge in [-0.05, 0) is 30.5 Å². The molecule has 0 radical (unpaired) electrons. The maximum Gasteiger partial charge on any atom is 0.411 e. The monoisotopic (exact) mass is 428 g/mol. The number of hydrogen-bond acceptors (Lipinski definition) is 7. The van der Waals surface area contributed by atoms with E-state index in [1.807, 2.05) is 24.3 Å². The van der Waals surface area contributed by atoms with Gasteiger partial charge in [0.05, 0.1) is 25.8 Å². The number of morpholine rings is 1. The lowest BCUT2D eigenvalue weighted by molar-refractivity contribution is -0.131. The maximum atomic E-state index is 12.4. The molecule has 3 aliphatic rings. The number of rotatable bonds is 4. The summed E-state index contributed by atoms with van der Waals surface area (Å²) in [7, 11) is 0. The smallest absolute Gasteiger partial charge is 0.411 e. The summed E-state index contributed by atoms with van der Waals surface area (Å²) in [6, 6.07) is 7.00. The van der Waals surface area contributed by atoms with Gasteiger partial charge in [-0.15, -0.1) is 0 Å². The Bertz CT molecular complexity index is 882. The molecule has 4 atom stereocenters. The first kappa shape index (κ1) is 21.6. The molecule has 3 saturated heterocycles. The van der Waals surface area contributed by atoms with Gasteiger partial charge < -0.3 is 25.6 Å². The summed E-state index contributed by atoms with van der Waals surface area (Å²) >= 11 is 0. The zero-order valence-corrected chi connectivity index (χ0v) is 17.3. The molecule has 9 nitrogen and oxygen atoms in total. The van der Waals surface area contributed by atoms with E-state index in [4.69, 9.17) is 15.2 Å². The normalized spacial score (nSPS) is 29.2. The molecule has 0 aliphatic carbocycles. The third-order valence-electron chi connectivity index (χ3n) is 5.82. The van der Waals surface area contributed by atoms with Gasteiger partial charge in [0.1, 0.15) is 18.4 Å². The van der Waals surface area contributed by atoms with E-state index in [1.54, 1.807) is 0 Å². The van der Waals surface area contributed by atoms with Crippen LogP contribution in [-0.2, 0) is 14.3 Å². The number of ether oxygens (including phenoxy) is 2. The van der Waals surface area contributed by atoms with Gasteiger partial charge in [0, 0.05) is 25.2 Å². The minimum absolute atomic E-state index is 0.0633. The number of nitrogens with one attached hydrogen (secondary N) is 1. The van der Waals surface area contributed by atoms with Crippen LogP contribution in [0, 0.1) is 11.8 Å². The lowest BCUT2D eigenvalue weighted by Crippen LogP contribution is -2.54. The van der Waals surface area contributed by atoms with E-state index in [1.165, 1.54) is 4.90 Å². The predicted octanol–water partition coefficient (Wildman–Crippen LogP) is -0.212. The zero-order valence-electron chi connectivity index (χ0n) is 17.3. The molecular weight excluding hydrogens is 400 g/mol. The summed E-state index contributed by atoms with van der Waals surface area (Å²) in [6.45, 7) is 3.72. The van der Waals surface area contributed by atoms with Crippen molar-refractivity contribution in [3.63, 3.8) is 0 Å². The highest BCUT2D eigenvalue weighted by molar-refractivity contribution is 5.87. The Balaban J connectivity index is 1.38. The van der Waals surface area contributed by atoms with Crippen molar-refractivity contribution in [1.82, 2.24) is 15.1 Å². The molecular formula is C22H28N4O5. The Morgan fingerprint density at radius 1 is 1.26 bits per heavy atom. The molecule has 3 aliphatic heterocycles. The van der Waals surface area contributed by atoms with Crippen LogP contribution >= 0.6 is 0 Å². The Hall–Kier alpha value is -2.64. The van der Waals surface area contributed by atoms with E-state index in [0.29, 0.717) is 32.5 Å². The molecule has 1 aromatic rings. The molecule has 3 fully saturated rings. The van der Waals surface area contributed by atoms with Gasteiger partial charge in [-0.3, -0.25) is 14.6 Å². The second-order valence-corrected chi connectivity index (χ2v) is 8.03. The van der Waals surface area contributed by atoms with E-state index in [2.05, 4.69) is 22.1 Å². The van der Waals surface area contributed by atoms with E-state index in [9.17, 15) is 14.7 Å². The molecule has 3 heterocycles. The van der Waals surface area contributed by atoms with Crippen LogP contribution in [-0.4, -0.2) is 84.6 Å². The summed E-state index contributed by atoms with van der Waals surface area (Å²) in [5.41, 5.74) is 7.37. The maximum absolute atomic E-state index is 12.4. The van der Waals surface area contributed by atoms with Crippen molar-refractivity contribution in [3.8, 4) is 11.8 Å². The van der Waals surface area contributed by atoms with Gasteiger partial charge in [0.2, 0.25) is 5.91 Å². The second kappa shape index (κ2) is 9.66. The highest BCUT2D eigenvalue weighted by Crippen LogP contribution is 2.30. The van der Waals surface area contributed by atoms with Crippen molar-refractivity contribution in [2.45, 2.75) is 37.3 Å². The number of carbonyl (C=O) groups is 2. The molecule has 4 rings (SSSR count). The first-order valence-electron chi connectivity index (χ1n) is 10.6. The van der Waals surface area contributed by atoms with Crippen LogP contribution in [0.2, 0.25) is 0 Å². The zero-order chi connectivity index (χ0) is 21.8. The number of benzene rings is 1. The van der Waals surface area contributed by atoms with Gasteiger partial charge in [-0.25, -0.2) is 4.79 Å². The van der Waals surface area contributed by atoms with E-state index < -0.39 is 24.5 Å². The second-order valence-electron chi connectivity index (χ2n) is 8.03. The molecule has 31 heavy (non-hydrogen) atoms. The van der Waals surface area contributed by atoms with Gasteiger partial charge in [-0.2, -0.15) is 0 Å². The number of cyclic esters (lactones) is 1. The fourth-order valence-corrected chi connectivity index (χ4v) is 4.12. The SMILES string of the molecule is NC[C@H]1CN(CC#Cc2cccc([C@H]3CN(C4CCC(O)NC4=O)C(=O)O3)c2)CCO1. The van der Waals surface area contributed by atoms with E-state index in [-0.39, 0.29) is 18.6 Å². The Kier molecular flexibility index (Phi) is 6.73. The fourth-order valence-electron chi connectivity index (χ4n) is 4.12. The van der Waals surface area contributed by atoms with Gasteiger partial charge in [0.25, 0.3) is 0 Å². The van der Waals surface area contributed by atoms with Crippen molar-refractivity contribution in [1.29, 1.82) is 0 Å². The molecule has 2 unspecified atom stereocenters. The first-order chi connectivity index (χ1) is 15.0. The Morgan fingerprint density at radius 2 is 2.13 bits per heavy atom. The highest BCUT2D eigenvalue weighted by Gasteiger charge is 2.41. The summed E-state index contributed by atoms with van der Waals surface area (Å²) in [5, 5.41) is 12.0. The summed E-state index contributed by atoms with van der Waals surface area (Å²) < 4.78 is 11.1. The summed E-state index contributed by atoms with van der Waals surface area (Å²) in [5.74, 6) is 6.02. The van der Waals surface area contributed by atoms with E-state index in [0.717, 1.165) is 24.2 Å². The number of hydrogen-bond donors (Lipinski definition) is 3. The quantitative estimate of drug-likeness (QED) is 0.568. The third-order valence-corrected chi connectivity index (χ3v) is 5.82. The number of nitrogens with two attached hydrogens (primary N) is 1. The van der Waals surface area contributed by atoms with Crippen molar-refractivity contribution < 1.29 is 24.2 Å². The largest absolute Gasteiger partial charge is 0.439 e. The highest BCUT2D eigenvalue weighted by atomic mass is 16.6. The van der Waals surface area contributed by atoms with Crippen LogP contribution in [0.25, 0.3) is 0 Å². The minimum atomic E-state index is -0.855. The number of nitrogens with zero attached hydrogens (tertiary/aromatic N) is 2. The van der Waals surface area contributed by atoms with Crippen LogP contribution in [0.5, 0.6) is 0 Å². The molecule has 1 aromatic carbocycles. The lowest BCUT2D eigenvalue weighted by Gasteiger charge is -2.30. The van der Waals surface area contributed by atoms with Crippen LogP contribution in [0.4, 0.5) is 4.79 Å². The van der Waals surface area contributed by atoms with Crippen molar-refractivity contribution >= 4 is 12.0 Å². The van der Waals surface area contributed by atoms with Crippen LogP contribution in [0.3, 0.4) is 0 Å². The van der Waals surface area contributed by atoms with Crippen molar-refractivity contribution in [3.05, 3.63) is 35.4 Å².